The van der Waals surface area contributed by atoms with Crippen LogP contribution in [0.5, 0.6) is 0 Å². The van der Waals surface area contributed by atoms with Crippen LogP contribution in [0, 0.1) is 5.92 Å². The maximum atomic E-state index is 3.89. The van der Waals surface area contributed by atoms with Crippen LogP contribution in [0.3, 0.4) is 0 Å². The van der Waals surface area contributed by atoms with Gasteiger partial charge in [0.15, 0.2) is 0 Å². The molecule has 1 saturated carbocycles. The second-order valence-electron chi connectivity index (χ2n) is 6.59. The van der Waals surface area contributed by atoms with Crippen LogP contribution in [-0.2, 0) is 0 Å². The van der Waals surface area contributed by atoms with E-state index in [0.29, 0.717) is 0 Å². The fraction of sp³-hybridized carbons (Fsp3) is 1.00. The quantitative estimate of drug-likeness (QED) is 0.670. The zero-order chi connectivity index (χ0) is 14.2. The van der Waals surface area contributed by atoms with Crippen LogP contribution >= 0.6 is 0 Å². The van der Waals surface area contributed by atoms with Gasteiger partial charge in [-0.25, -0.2) is 0 Å². The molecule has 0 spiro atoms. The van der Waals surface area contributed by atoms with E-state index < -0.39 is 0 Å². The molecule has 2 N–H and O–H groups in total. The summed E-state index contributed by atoms with van der Waals surface area (Å²) in [5.74, 6) is 0.889. The average Bonchev–Trinajstić information content (AvgIpc) is 3.02. The van der Waals surface area contributed by atoms with E-state index in [9.17, 15) is 0 Å². The number of hydrogen-bond donors (Lipinski definition) is 2. The Morgan fingerprint density at radius 2 is 1.85 bits per heavy atom. The molecule has 3 unspecified atom stereocenters. The highest BCUT2D eigenvalue weighted by Crippen LogP contribution is 2.30. The highest BCUT2D eigenvalue weighted by atomic mass is 15.1. The lowest BCUT2D eigenvalue weighted by atomic mass is 9.79. The van der Waals surface area contributed by atoms with Gasteiger partial charge in [-0.3, -0.25) is 0 Å². The fourth-order valence-corrected chi connectivity index (χ4v) is 4.10. The van der Waals surface area contributed by atoms with Gasteiger partial charge in [0.05, 0.1) is 0 Å². The van der Waals surface area contributed by atoms with E-state index in [1.807, 2.05) is 0 Å². The Labute approximate surface area is 125 Å². The van der Waals surface area contributed by atoms with Crippen molar-refractivity contribution < 1.29 is 0 Å². The molecule has 1 heterocycles. The first-order valence-electron chi connectivity index (χ1n) is 9.04. The summed E-state index contributed by atoms with van der Waals surface area (Å²) in [5, 5.41) is 7.62. The predicted molar refractivity (Wildman–Crippen MR) is 87.2 cm³/mol. The Morgan fingerprint density at radius 1 is 1.05 bits per heavy atom. The minimum absolute atomic E-state index is 0.774. The lowest BCUT2D eigenvalue weighted by molar-refractivity contribution is 0.211. The maximum absolute atomic E-state index is 3.89. The largest absolute Gasteiger partial charge is 0.314 e. The number of rotatable bonds is 8. The van der Waals surface area contributed by atoms with Gasteiger partial charge in [-0.15, -0.1) is 0 Å². The smallest absolute Gasteiger partial charge is 0.0111 e. The second kappa shape index (κ2) is 9.01. The summed E-state index contributed by atoms with van der Waals surface area (Å²) in [6, 6.07) is 1.58. The van der Waals surface area contributed by atoms with Crippen molar-refractivity contribution in [2.45, 2.75) is 70.9 Å². The highest BCUT2D eigenvalue weighted by Gasteiger charge is 2.32. The molecule has 0 radical (unpaired) electrons. The van der Waals surface area contributed by atoms with E-state index in [-0.39, 0.29) is 0 Å². The summed E-state index contributed by atoms with van der Waals surface area (Å²) in [5.41, 5.74) is 0. The Hall–Kier alpha value is -0.120. The minimum atomic E-state index is 0.774. The molecular weight excluding hydrogens is 246 g/mol. The molecule has 1 aliphatic carbocycles. The third kappa shape index (κ3) is 4.71. The molecule has 3 atom stereocenters. The summed E-state index contributed by atoms with van der Waals surface area (Å²) in [6.07, 6.45) is 9.79. The van der Waals surface area contributed by atoms with Gasteiger partial charge in [0.2, 0.25) is 0 Å². The maximum Gasteiger partial charge on any atom is 0.0111 e. The first kappa shape index (κ1) is 16.3. The summed E-state index contributed by atoms with van der Waals surface area (Å²) >= 11 is 0. The van der Waals surface area contributed by atoms with Crippen LogP contribution < -0.4 is 10.6 Å². The molecule has 2 aliphatic rings. The first-order valence-corrected chi connectivity index (χ1v) is 9.04. The topological polar surface area (TPSA) is 27.3 Å². The van der Waals surface area contributed by atoms with Crippen molar-refractivity contribution in [1.29, 1.82) is 0 Å². The van der Waals surface area contributed by atoms with Gasteiger partial charge in [0.25, 0.3) is 0 Å². The average molecular weight is 281 g/mol. The molecule has 0 aromatic carbocycles. The van der Waals surface area contributed by atoms with Crippen LogP contribution in [-0.4, -0.2) is 49.7 Å². The molecule has 1 aliphatic heterocycles. The van der Waals surface area contributed by atoms with Gasteiger partial charge in [0.1, 0.15) is 0 Å². The molecular formula is C17H35N3. The number of hydrogen-bond acceptors (Lipinski definition) is 3. The lowest BCUT2D eigenvalue weighted by Crippen LogP contribution is -2.47. The summed E-state index contributed by atoms with van der Waals surface area (Å²) in [7, 11) is 0. The normalized spacial score (nSPS) is 31.1. The molecule has 1 saturated heterocycles. The molecule has 20 heavy (non-hydrogen) atoms. The molecule has 0 aromatic rings. The van der Waals surface area contributed by atoms with Gasteiger partial charge in [0, 0.05) is 12.1 Å². The monoisotopic (exact) mass is 281 g/mol. The standard InChI is InChI=1S/C17H35N3/c1-3-20(4-2)14-8-13-19-16-10-6-5-9-15(16)17-11-7-12-18-17/h15-19H,3-14H2,1-2H3. The molecule has 118 valence electrons. The van der Waals surface area contributed by atoms with Gasteiger partial charge < -0.3 is 15.5 Å². The molecule has 0 aromatic heterocycles. The minimum Gasteiger partial charge on any atom is -0.314 e. The number of nitrogens with one attached hydrogen (secondary N) is 2. The Kier molecular flexibility index (Phi) is 7.32. The van der Waals surface area contributed by atoms with Crippen LogP contribution in [0.1, 0.15) is 58.8 Å². The predicted octanol–water partition coefficient (Wildman–Crippen LogP) is 2.62. The first-order chi connectivity index (χ1) is 9.85. The van der Waals surface area contributed by atoms with Crippen LogP contribution in [0.15, 0.2) is 0 Å². The van der Waals surface area contributed by atoms with E-state index >= 15 is 0 Å². The Balaban J connectivity index is 1.69. The van der Waals surface area contributed by atoms with Crippen LogP contribution in [0.2, 0.25) is 0 Å². The second-order valence-corrected chi connectivity index (χ2v) is 6.59. The third-order valence-electron chi connectivity index (χ3n) is 5.39. The van der Waals surface area contributed by atoms with Crippen molar-refractivity contribution in [1.82, 2.24) is 15.5 Å². The van der Waals surface area contributed by atoms with E-state index in [1.54, 1.807) is 0 Å². The highest BCUT2D eigenvalue weighted by molar-refractivity contribution is 4.91. The van der Waals surface area contributed by atoms with Gasteiger partial charge >= 0.3 is 0 Å². The lowest BCUT2D eigenvalue weighted by Gasteiger charge is -2.36. The van der Waals surface area contributed by atoms with Crippen molar-refractivity contribution in [2.24, 2.45) is 5.92 Å². The Bertz CT molecular complexity index is 247. The molecule has 0 amide bonds. The van der Waals surface area contributed by atoms with Gasteiger partial charge in [-0.05, 0) is 70.7 Å². The number of nitrogens with zero attached hydrogens (tertiary/aromatic N) is 1. The molecule has 2 rings (SSSR count). The summed E-state index contributed by atoms with van der Waals surface area (Å²) < 4.78 is 0. The molecule has 2 fully saturated rings. The van der Waals surface area contributed by atoms with Gasteiger partial charge in [-0.2, -0.15) is 0 Å². The Morgan fingerprint density at radius 3 is 2.55 bits per heavy atom. The summed E-state index contributed by atoms with van der Waals surface area (Å²) in [4.78, 5) is 2.53. The zero-order valence-corrected chi connectivity index (χ0v) is 13.7. The van der Waals surface area contributed by atoms with E-state index in [0.717, 1.165) is 18.0 Å². The van der Waals surface area contributed by atoms with Crippen molar-refractivity contribution in [3.63, 3.8) is 0 Å². The van der Waals surface area contributed by atoms with Crippen molar-refractivity contribution >= 4 is 0 Å². The van der Waals surface area contributed by atoms with Crippen LogP contribution in [0.25, 0.3) is 0 Å². The van der Waals surface area contributed by atoms with E-state index in [2.05, 4.69) is 29.4 Å². The van der Waals surface area contributed by atoms with Crippen molar-refractivity contribution in [3.8, 4) is 0 Å². The molecule has 3 heteroatoms. The van der Waals surface area contributed by atoms with Gasteiger partial charge in [-0.1, -0.05) is 26.7 Å². The molecule has 3 nitrogen and oxygen atoms in total. The van der Waals surface area contributed by atoms with Crippen LogP contribution in [0.4, 0.5) is 0 Å². The fourth-order valence-electron chi connectivity index (χ4n) is 4.10. The SMILES string of the molecule is CCN(CC)CCCNC1CCCCC1C1CCCN1. The van der Waals surface area contributed by atoms with E-state index in [4.69, 9.17) is 0 Å². The summed E-state index contributed by atoms with van der Waals surface area (Å²) in [6.45, 7) is 10.6. The molecule has 0 bridgehead atoms. The third-order valence-corrected chi connectivity index (χ3v) is 5.39. The zero-order valence-electron chi connectivity index (χ0n) is 13.7. The van der Waals surface area contributed by atoms with Crippen molar-refractivity contribution in [2.75, 3.05) is 32.7 Å². The van der Waals surface area contributed by atoms with E-state index in [1.165, 1.54) is 77.7 Å². The van der Waals surface area contributed by atoms with Crippen molar-refractivity contribution in [3.05, 3.63) is 0 Å².